The summed E-state index contributed by atoms with van der Waals surface area (Å²) in [5, 5.41) is 18.3. The van der Waals surface area contributed by atoms with Crippen LogP contribution in [0.3, 0.4) is 0 Å². The van der Waals surface area contributed by atoms with Crippen molar-refractivity contribution >= 4 is 5.97 Å². The number of aliphatic carboxylic acids is 1. The summed E-state index contributed by atoms with van der Waals surface area (Å²) < 4.78 is 4.92. The summed E-state index contributed by atoms with van der Waals surface area (Å²) in [7, 11) is 0. The third kappa shape index (κ3) is 3.73. The van der Waals surface area contributed by atoms with Gasteiger partial charge in [0.25, 0.3) is 0 Å². The van der Waals surface area contributed by atoms with Crippen molar-refractivity contribution in [2.24, 2.45) is 0 Å². The maximum atomic E-state index is 10.3. The van der Waals surface area contributed by atoms with Gasteiger partial charge in [0.15, 0.2) is 0 Å². The first-order valence-corrected chi connectivity index (χ1v) is 5.75. The van der Waals surface area contributed by atoms with Gasteiger partial charge in [0.05, 0.1) is 12.7 Å². The average Bonchev–Trinajstić information content (AvgIpc) is 2.65. The number of carboxylic acids is 1. The Balaban J connectivity index is 2.34. The lowest BCUT2D eigenvalue weighted by atomic mass is 10.1. The molecule has 0 unspecified atom stereocenters. The molecule has 0 bridgehead atoms. The molecule has 1 fully saturated rings. The van der Waals surface area contributed by atoms with Crippen LogP contribution >= 0.6 is 0 Å². The zero-order valence-electron chi connectivity index (χ0n) is 9.93. The van der Waals surface area contributed by atoms with Gasteiger partial charge < -0.3 is 14.9 Å². The number of carbonyl (C=O) groups is 1. The zero-order chi connectivity index (χ0) is 12.1. The minimum Gasteiger partial charge on any atom is -0.480 e. The molecule has 1 aliphatic rings. The highest BCUT2D eigenvalue weighted by atomic mass is 16.5. The van der Waals surface area contributed by atoms with Crippen LogP contribution in [-0.2, 0) is 9.53 Å². The number of rotatable bonds is 6. The summed E-state index contributed by atoms with van der Waals surface area (Å²) in [6.07, 6.45) is 1.44. The van der Waals surface area contributed by atoms with Crippen molar-refractivity contribution < 1.29 is 19.7 Å². The zero-order valence-corrected chi connectivity index (χ0v) is 9.93. The lowest BCUT2D eigenvalue weighted by Gasteiger charge is -2.31. The van der Waals surface area contributed by atoms with Gasteiger partial charge in [-0.05, 0) is 33.2 Å². The van der Waals surface area contributed by atoms with Gasteiger partial charge in [-0.1, -0.05) is 0 Å². The topological polar surface area (TPSA) is 70.0 Å². The highest BCUT2D eigenvalue weighted by molar-refractivity contribution is 5.67. The maximum Gasteiger partial charge on any atom is 0.329 e. The molecular weight excluding hydrogens is 210 g/mol. The highest BCUT2D eigenvalue weighted by Gasteiger charge is 2.32. The summed E-state index contributed by atoms with van der Waals surface area (Å²) in [4.78, 5) is 12.5. The molecular formula is C11H21NO4. The van der Waals surface area contributed by atoms with Crippen LogP contribution < -0.4 is 0 Å². The molecule has 0 spiro atoms. The predicted octanol–water partition coefficient (Wildman–Crippen LogP) is 0.321. The highest BCUT2D eigenvalue weighted by Crippen LogP contribution is 2.22. The van der Waals surface area contributed by atoms with Crippen molar-refractivity contribution in [3.63, 3.8) is 0 Å². The van der Waals surface area contributed by atoms with E-state index in [9.17, 15) is 9.90 Å². The van der Waals surface area contributed by atoms with Crippen LogP contribution in [-0.4, -0.2) is 59.0 Å². The second-order valence-corrected chi connectivity index (χ2v) is 4.52. The average molecular weight is 231 g/mol. The Kier molecular flexibility index (Phi) is 5.18. The van der Waals surface area contributed by atoms with Crippen LogP contribution in [0.5, 0.6) is 0 Å². The predicted molar refractivity (Wildman–Crippen MR) is 59.3 cm³/mol. The van der Waals surface area contributed by atoms with Crippen molar-refractivity contribution in [3.8, 4) is 0 Å². The van der Waals surface area contributed by atoms with Crippen molar-refractivity contribution in [2.45, 2.75) is 44.9 Å². The van der Waals surface area contributed by atoms with E-state index in [-0.39, 0.29) is 19.3 Å². The van der Waals surface area contributed by atoms with E-state index in [1.54, 1.807) is 0 Å². The maximum absolute atomic E-state index is 10.3. The Bertz CT molecular complexity index is 232. The minimum atomic E-state index is -1.00. The van der Waals surface area contributed by atoms with Gasteiger partial charge in [-0.2, -0.15) is 0 Å². The fourth-order valence-electron chi connectivity index (χ4n) is 2.25. The quantitative estimate of drug-likeness (QED) is 0.689. The van der Waals surface area contributed by atoms with Crippen LogP contribution in [0.1, 0.15) is 26.7 Å². The fourth-order valence-corrected chi connectivity index (χ4v) is 2.25. The van der Waals surface area contributed by atoms with E-state index >= 15 is 0 Å². The Labute approximate surface area is 96.0 Å². The summed E-state index contributed by atoms with van der Waals surface area (Å²) in [5.41, 5.74) is 0. The molecule has 2 atom stereocenters. The molecule has 1 rings (SSSR count). The van der Waals surface area contributed by atoms with E-state index in [4.69, 9.17) is 9.84 Å². The van der Waals surface area contributed by atoms with Crippen LogP contribution in [0.4, 0.5) is 0 Å². The Morgan fingerprint density at radius 3 is 2.81 bits per heavy atom. The number of hydrogen-bond acceptors (Lipinski definition) is 4. The molecule has 1 saturated heterocycles. The van der Waals surface area contributed by atoms with Gasteiger partial charge in [0, 0.05) is 12.1 Å². The Morgan fingerprint density at radius 2 is 2.25 bits per heavy atom. The molecule has 1 aliphatic heterocycles. The van der Waals surface area contributed by atoms with Crippen LogP contribution in [0.2, 0.25) is 0 Å². The minimum absolute atomic E-state index is 0.0974. The van der Waals surface area contributed by atoms with Crippen molar-refractivity contribution in [1.29, 1.82) is 0 Å². The monoisotopic (exact) mass is 231 g/mol. The first kappa shape index (κ1) is 13.4. The molecule has 1 heterocycles. The smallest absolute Gasteiger partial charge is 0.329 e. The first-order valence-electron chi connectivity index (χ1n) is 5.75. The fraction of sp³-hybridized carbons (Fsp3) is 0.909. The van der Waals surface area contributed by atoms with E-state index in [0.29, 0.717) is 6.04 Å². The van der Waals surface area contributed by atoms with E-state index in [1.165, 1.54) is 0 Å². The molecule has 0 radical (unpaired) electrons. The van der Waals surface area contributed by atoms with Crippen molar-refractivity contribution in [3.05, 3.63) is 0 Å². The molecule has 0 saturated carbocycles. The number of aliphatic hydroxyl groups excluding tert-OH is 1. The Hall–Kier alpha value is -0.650. The van der Waals surface area contributed by atoms with Crippen molar-refractivity contribution in [2.75, 3.05) is 19.8 Å². The normalized spacial score (nSPS) is 23.9. The second-order valence-electron chi connectivity index (χ2n) is 4.52. The summed E-state index contributed by atoms with van der Waals surface area (Å²) >= 11 is 0. The van der Waals surface area contributed by atoms with Crippen LogP contribution in [0.25, 0.3) is 0 Å². The van der Waals surface area contributed by atoms with Crippen LogP contribution in [0, 0.1) is 0 Å². The summed E-state index contributed by atoms with van der Waals surface area (Å²) in [5.74, 6) is -1.00. The van der Waals surface area contributed by atoms with Gasteiger partial charge in [-0.15, -0.1) is 0 Å². The molecule has 0 aromatic rings. The lowest BCUT2D eigenvalue weighted by Crippen LogP contribution is -2.44. The van der Waals surface area contributed by atoms with E-state index in [0.717, 1.165) is 19.4 Å². The number of nitrogens with zero attached hydrogens (tertiary/aromatic N) is 1. The third-order valence-electron chi connectivity index (χ3n) is 2.96. The van der Waals surface area contributed by atoms with E-state index in [1.807, 2.05) is 0 Å². The lowest BCUT2D eigenvalue weighted by molar-refractivity contribution is -0.143. The van der Waals surface area contributed by atoms with E-state index < -0.39 is 12.1 Å². The van der Waals surface area contributed by atoms with Gasteiger partial charge in [0.2, 0.25) is 0 Å². The first-order chi connectivity index (χ1) is 7.52. The second kappa shape index (κ2) is 6.18. The molecule has 0 aromatic carbocycles. The molecule has 5 nitrogen and oxygen atoms in total. The Morgan fingerprint density at radius 1 is 1.56 bits per heavy atom. The number of carboxylic acid groups (broad SMARTS) is 1. The molecule has 16 heavy (non-hydrogen) atoms. The largest absolute Gasteiger partial charge is 0.480 e. The van der Waals surface area contributed by atoms with Gasteiger partial charge in [-0.3, -0.25) is 4.90 Å². The molecule has 0 aliphatic carbocycles. The summed E-state index contributed by atoms with van der Waals surface area (Å²) in [6, 6.07) is 0.510. The number of ether oxygens (including phenoxy) is 1. The van der Waals surface area contributed by atoms with Gasteiger partial charge in [0.1, 0.15) is 6.61 Å². The van der Waals surface area contributed by atoms with Gasteiger partial charge in [-0.25, -0.2) is 4.79 Å². The molecule has 2 N–H and O–H groups in total. The van der Waals surface area contributed by atoms with E-state index in [2.05, 4.69) is 18.7 Å². The van der Waals surface area contributed by atoms with Crippen LogP contribution in [0.15, 0.2) is 0 Å². The van der Waals surface area contributed by atoms with Gasteiger partial charge >= 0.3 is 5.97 Å². The third-order valence-corrected chi connectivity index (χ3v) is 2.96. The molecule has 0 aromatic heterocycles. The SMILES string of the molecule is CC(C)N1CCC[C@H]1[C@@H](O)COCC(=O)O. The number of hydrogen-bond donors (Lipinski definition) is 2. The molecule has 0 amide bonds. The summed E-state index contributed by atoms with van der Waals surface area (Å²) in [6.45, 7) is 4.95. The standard InChI is InChI=1S/C11H21NO4/c1-8(2)12-5-3-4-9(12)10(13)6-16-7-11(14)15/h8-10,13H,3-7H2,1-2H3,(H,14,15)/t9-,10-/m0/s1. The van der Waals surface area contributed by atoms with Crippen molar-refractivity contribution in [1.82, 2.24) is 4.90 Å². The number of likely N-dealkylation sites (tertiary alicyclic amines) is 1. The molecule has 94 valence electrons. The molecule has 5 heteroatoms. The number of aliphatic hydroxyl groups is 1.